The van der Waals surface area contributed by atoms with Gasteiger partial charge in [0.05, 0.1) is 0 Å². The third-order valence-corrected chi connectivity index (χ3v) is 4.37. The summed E-state index contributed by atoms with van der Waals surface area (Å²) in [4.78, 5) is 24.4. The van der Waals surface area contributed by atoms with Crippen LogP contribution in [0.3, 0.4) is 0 Å². The van der Waals surface area contributed by atoms with Gasteiger partial charge in [-0.2, -0.15) is 0 Å². The van der Waals surface area contributed by atoms with Crippen molar-refractivity contribution >= 4 is 23.6 Å². The number of rotatable bonds is 8. The van der Waals surface area contributed by atoms with Crippen LogP contribution in [0.2, 0.25) is 0 Å². The standard InChI is InChI=1S/C16H21NO4S/c1-10(21-12-5-7-13(22-2)8-6-12)15(18)17-14(16(19)20)9-11-3-4-11/h5-8,10-11,14H,3-4,9H2,1-2H3,(H,17,18)(H,19,20). The van der Waals surface area contributed by atoms with Gasteiger partial charge in [0.15, 0.2) is 6.10 Å². The summed E-state index contributed by atoms with van der Waals surface area (Å²) in [5.74, 6) is -0.370. The number of carbonyl (C=O) groups is 2. The number of aliphatic carboxylic acids is 1. The second kappa shape index (κ2) is 7.54. The third kappa shape index (κ3) is 4.94. The molecule has 0 saturated heterocycles. The van der Waals surface area contributed by atoms with E-state index in [1.165, 1.54) is 0 Å². The summed E-state index contributed by atoms with van der Waals surface area (Å²) in [5.41, 5.74) is 0. The smallest absolute Gasteiger partial charge is 0.326 e. The first kappa shape index (κ1) is 16.7. The predicted octanol–water partition coefficient (Wildman–Crippen LogP) is 2.55. The molecular weight excluding hydrogens is 302 g/mol. The van der Waals surface area contributed by atoms with Crippen molar-refractivity contribution < 1.29 is 19.4 Å². The quantitative estimate of drug-likeness (QED) is 0.719. The van der Waals surface area contributed by atoms with E-state index in [4.69, 9.17) is 4.74 Å². The highest BCUT2D eigenvalue weighted by Crippen LogP contribution is 2.33. The van der Waals surface area contributed by atoms with Gasteiger partial charge >= 0.3 is 5.97 Å². The van der Waals surface area contributed by atoms with Gasteiger partial charge in [0.2, 0.25) is 0 Å². The van der Waals surface area contributed by atoms with Crippen LogP contribution in [0.25, 0.3) is 0 Å². The lowest BCUT2D eigenvalue weighted by molar-refractivity contribution is -0.143. The van der Waals surface area contributed by atoms with Crippen LogP contribution in [0, 0.1) is 5.92 Å². The Morgan fingerprint density at radius 1 is 1.36 bits per heavy atom. The van der Waals surface area contributed by atoms with Crippen LogP contribution in [0.15, 0.2) is 29.2 Å². The number of hydrogen-bond acceptors (Lipinski definition) is 4. The Morgan fingerprint density at radius 3 is 2.50 bits per heavy atom. The molecular formula is C16H21NO4S. The van der Waals surface area contributed by atoms with Gasteiger partial charge in [-0.1, -0.05) is 12.8 Å². The summed E-state index contributed by atoms with van der Waals surface area (Å²) in [6.07, 6.45) is 3.84. The van der Waals surface area contributed by atoms with Crippen molar-refractivity contribution in [2.24, 2.45) is 5.92 Å². The summed E-state index contributed by atoms with van der Waals surface area (Å²) in [6.45, 7) is 1.62. The number of ether oxygens (including phenoxy) is 1. The van der Waals surface area contributed by atoms with Crippen LogP contribution in [0.4, 0.5) is 0 Å². The van der Waals surface area contributed by atoms with Crippen LogP contribution in [0.1, 0.15) is 26.2 Å². The fraction of sp³-hybridized carbons (Fsp3) is 0.500. The molecule has 0 heterocycles. The zero-order chi connectivity index (χ0) is 16.1. The summed E-state index contributed by atoms with van der Waals surface area (Å²) in [7, 11) is 0. The molecule has 5 nitrogen and oxygen atoms in total. The average molecular weight is 323 g/mol. The summed E-state index contributed by atoms with van der Waals surface area (Å²) in [6, 6.07) is 6.60. The average Bonchev–Trinajstić information content (AvgIpc) is 3.31. The highest BCUT2D eigenvalue weighted by atomic mass is 32.2. The van der Waals surface area contributed by atoms with Crippen LogP contribution in [0.5, 0.6) is 5.75 Å². The number of thioether (sulfide) groups is 1. The monoisotopic (exact) mass is 323 g/mol. The molecule has 22 heavy (non-hydrogen) atoms. The van der Waals surface area contributed by atoms with E-state index in [2.05, 4.69) is 5.32 Å². The minimum Gasteiger partial charge on any atom is -0.481 e. The lowest BCUT2D eigenvalue weighted by Gasteiger charge is -2.19. The molecule has 0 radical (unpaired) electrons. The van der Waals surface area contributed by atoms with Crippen LogP contribution >= 0.6 is 11.8 Å². The molecule has 0 bridgehead atoms. The summed E-state index contributed by atoms with van der Waals surface area (Å²) >= 11 is 1.63. The number of benzene rings is 1. The van der Waals surface area contributed by atoms with Gasteiger partial charge in [-0.15, -0.1) is 11.8 Å². The third-order valence-electron chi connectivity index (χ3n) is 3.62. The maximum Gasteiger partial charge on any atom is 0.326 e. The molecule has 6 heteroatoms. The van der Waals surface area contributed by atoms with Gasteiger partial charge < -0.3 is 15.2 Å². The summed E-state index contributed by atoms with van der Waals surface area (Å²) < 4.78 is 5.56. The Kier molecular flexibility index (Phi) is 5.71. The minimum atomic E-state index is -0.989. The molecule has 1 aromatic carbocycles. The second-order valence-corrected chi connectivity index (χ2v) is 6.39. The molecule has 1 aliphatic carbocycles. The molecule has 1 amide bonds. The lowest BCUT2D eigenvalue weighted by atomic mass is 10.1. The van der Waals surface area contributed by atoms with E-state index < -0.39 is 24.0 Å². The fourth-order valence-electron chi connectivity index (χ4n) is 2.11. The molecule has 1 aromatic rings. The molecule has 2 rings (SSSR count). The highest BCUT2D eigenvalue weighted by Gasteiger charge is 2.31. The molecule has 0 spiro atoms. The van der Waals surface area contributed by atoms with E-state index in [0.29, 0.717) is 18.1 Å². The van der Waals surface area contributed by atoms with Crippen LogP contribution in [-0.2, 0) is 9.59 Å². The van der Waals surface area contributed by atoms with E-state index in [-0.39, 0.29) is 0 Å². The SMILES string of the molecule is CSc1ccc(OC(C)C(=O)NC(CC2CC2)C(=O)O)cc1. The Morgan fingerprint density at radius 2 is 2.00 bits per heavy atom. The van der Waals surface area contributed by atoms with Gasteiger partial charge in [0.1, 0.15) is 11.8 Å². The van der Waals surface area contributed by atoms with Crippen molar-refractivity contribution in [2.45, 2.75) is 43.2 Å². The topological polar surface area (TPSA) is 75.6 Å². The number of carboxylic acid groups (broad SMARTS) is 1. The van der Waals surface area contributed by atoms with E-state index >= 15 is 0 Å². The normalized spacial score (nSPS) is 16.6. The number of amides is 1. The van der Waals surface area contributed by atoms with Crippen molar-refractivity contribution in [3.63, 3.8) is 0 Å². The molecule has 1 fully saturated rings. The Bertz CT molecular complexity index is 527. The van der Waals surface area contributed by atoms with Crippen LogP contribution in [-0.4, -0.2) is 35.4 Å². The van der Waals surface area contributed by atoms with Crippen molar-refractivity contribution in [1.82, 2.24) is 5.32 Å². The number of nitrogens with one attached hydrogen (secondary N) is 1. The lowest BCUT2D eigenvalue weighted by Crippen LogP contribution is -2.46. The van der Waals surface area contributed by atoms with Gasteiger partial charge in [-0.3, -0.25) is 4.79 Å². The molecule has 0 aromatic heterocycles. The largest absolute Gasteiger partial charge is 0.481 e. The zero-order valence-corrected chi connectivity index (χ0v) is 13.6. The van der Waals surface area contributed by atoms with Crippen molar-refractivity contribution in [3.05, 3.63) is 24.3 Å². The maximum absolute atomic E-state index is 12.1. The number of carboxylic acids is 1. The van der Waals surface area contributed by atoms with Crippen molar-refractivity contribution in [2.75, 3.05) is 6.26 Å². The van der Waals surface area contributed by atoms with E-state index in [0.717, 1.165) is 17.7 Å². The van der Waals surface area contributed by atoms with Crippen LogP contribution < -0.4 is 10.1 Å². The Labute approximate surface area is 134 Å². The molecule has 2 N–H and O–H groups in total. The van der Waals surface area contributed by atoms with Gasteiger partial charge in [-0.25, -0.2) is 4.79 Å². The first-order chi connectivity index (χ1) is 10.5. The van der Waals surface area contributed by atoms with Gasteiger partial charge in [0.25, 0.3) is 5.91 Å². The zero-order valence-electron chi connectivity index (χ0n) is 12.7. The van der Waals surface area contributed by atoms with Crippen molar-refractivity contribution in [1.29, 1.82) is 0 Å². The van der Waals surface area contributed by atoms with Gasteiger partial charge in [0, 0.05) is 4.90 Å². The number of carbonyl (C=O) groups excluding carboxylic acids is 1. The van der Waals surface area contributed by atoms with E-state index in [9.17, 15) is 14.7 Å². The van der Waals surface area contributed by atoms with Crippen molar-refractivity contribution in [3.8, 4) is 5.75 Å². The Balaban J connectivity index is 1.87. The fourth-order valence-corrected chi connectivity index (χ4v) is 2.52. The first-order valence-electron chi connectivity index (χ1n) is 7.33. The number of hydrogen-bond donors (Lipinski definition) is 2. The Hall–Kier alpha value is -1.69. The molecule has 0 aliphatic heterocycles. The predicted molar refractivity (Wildman–Crippen MR) is 85.2 cm³/mol. The molecule has 2 atom stereocenters. The molecule has 120 valence electrons. The van der Waals surface area contributed by atoms with E-state index in [1.54, 1.807) is 30.8 Å². The summed E-state index contributed by atoms with van der Waals surface area (Å²) in [5, 5.41) is 11.7. The molecule has 2 unspecified atom stereocenters. The minimum absolute atomic E-state index is 0.401. The van der Waals surface area contributed by atoms with Gasteiger partial charge in [-0.05, 0) is 49.8 Å². The first-order valence-corrected chi connectivity index (χ1v) is 8.56. The second-order valence-electron chi connectivity index (χ2n) is 5.51. The molecule has 1 saturated carbocycles. The molecule has 1 aliphatic rings. The highest BCUT2D eigenvalue weighted by molar-refractivity contribution is 7.98. The maximum atomic E-state index is 12.1. The van der Waals surface area contributed by atoms with E-state index in [1.807, 2.05) is 18.4 Å².